The monoisotopic (exact) mass is 433 g/mol. The molecule has 2 aromatic rings. The smallest absolute Gasteiger partial charge is 0.260 e. The fraction of sp³-hybridized carbons (Fsp3) is 0.429. The van der Waals surface area contributed by atoms with Gasteiger partial charge in [-0.15, -0.1) is 0 Å². The number of carbonyl (C=O) groups is 1. The molecular formula is C21H27N3O5S. The number of sulfone groups is 1. The second-order valence-corrected chi connectivity index (χ2v) is 9.31. The Morgan fingerprint density at radius 3 is 2.53 bits per heavy atom. The van der Waals surface area contributed by atoms with E-state index < -0.39 is 21.8 Å². The quantitative estimate of drug-likeness (QED) is 0.432. The number of aromatic nitrogens is 1. The van der Waals surface area contributed by atoms with E-state index in [1.54, 1.807) is 23.7 Å². The second-order valence-electron chi connectivity index (χ2n) is 7.41. The molecular weight excluding hydrogens is 406 g/mol. The van der Waals surface area contributed by atoms with Crippen LogP contribution in [0.4, 0.5) is 0 Å². The summed E-state index contributed by atoms with van der Waals surface area (Å²) in [7, 11) is -2.27. The first-order valence-corrected chi connectivity index (χ1v) is 11.5. The van der Waals surface area contributed by atoms with E-state index in [9.17, 15) is 13.2 Å². The van der Waals surface area contributed by atoms with Crippen molar-refractivity contribution in [1.82, 2.24) is 15.8 Å². The van der Waals surface area contributed by atoms with Crippen LogP contribution in [0.1, 0.15) is 37.7 Å². The standard InChI is InChI=1S/C21H27N3O5S/c1-29-17-7-9-18(10-8-17)30(27,28)19-13-15(11-12-22-19)14-23-20(21(25)24-26)16-5-3-2-4-6-16/h7-13,16,20,23,26H,2-6,14H2,1H3,(H,24,25)/t20-/m1/s1. The minimum atomic E-state index is -3.78. The third-order valence-electron chi connectivity index (χ3n) is 5.48. The van der Waals surface area contributed by atoms with Crippen LogP contribution in [0, 0.1) is 5.92 Å². The predicted molar refractivity (Wildman–Crippen MR) is 110 cm³/mol. The molecule has 0 spiro atoms. The molecule has 30 heavy (non-hydrogen) atoms. The molecule has 1 aliphatic carbocycles. The zero-order chi connectivity index (χ0) is 21.6. The van der Waals surface area contributed by atoms with Gasteiger partial charge < -0.3 is 10.1 Å². The molecule has 1 aliphatic rings. The lowest BCUT2D eigenvalue weighted by molar-refractivity contribution is -0.133. The normalized spacial score (nSPS) is 16.1. The number of methoxy groups -OCH3 is 1. The van der Waals surface area contributed by atoms with Crippen LogP contribution in [-0.2, 0) is 21.2 Å². The zero-order valence-electron chi connectivity index (χ0n) is 16.9. The van der Waals surface area contributed by atoms with Gasteiger partial charge >= 0.3 is 0 Å². The maximum absolute atomic E-state index is 12.9. The topological polar surface area (TPSA) is 118 Å². The lowest BCUT2D eigenvalue weighted by Crippen LogP contribution is -2.48. The highest BCUT2D eigenvalue weighted by Crippen LogP contribution is 2.27. The number of nitrogens with one attached hydrogen (secondary N) is 2. The summed E-state index contributed by atoms with van der Waals surface area (Å²) < 4.78 is 30.9. The molecule has 1 atom stereocenters. The predicted octanol–water partition coefficient (Wildman–Crippen LogP) is 2.47. The van der Waals surface area contributed by atoms with Crippen molar-refractivity contribution in [3.05, 3.63) is 48.2 Å². The van der Waals surface area contributed by atoms with Crippen LogP contribution in [0.5, 0.6) is 5.75 Å². The molecule has 1 aromatic carbocycles. The van der Waals surface area contributed by atoms with E-state index in [0.717, 1.165) is 32.1 Å². The van der Waals surface area contributed by atoms with Gasteiger partial charge in [-0.25, -0.2) is 18.9 Å². The fourth-order valence-corrected chi connectivity index (χ4v) is 5.06. The molecule has 162 valence electrons. The third-order valence-corrected chi connectivity index (χ3v) is 7.15. The van der Waals surface area contributed by atoms with Crippen molar-refractivity contribution in [3.63, 3.8) is 0 Å². The molecule has 3 rings (SSSR count). The maximum Gasteiger partial charge on any atom is 0.260 e. The summed E-state index contributed by atoms with van der Waals surface area (Å²) in [6, 6.07) is 8.79. The number of amides is 1. The summed E-state index contributed by atoms with van der Waals surface area (Å²) in [6.45, 7) is 0.280. The molecule has 0 bridgehead atoms. The molecule has 0 radical (unpaired) electrons. The van der Waals surface area contributed by atoms with Crippen LogP contribution in [-0.4, -0.2) is 37.7 Å². The number of carbonyl (C=O) groups excluding carboxylic acids is 1. The van der Waals surface area contributed by atoms with E-state index in [1.807, 2.05) is 0 Å². The van der Waals surface area contributed by atoms with E-state index in [4.69, 9.17) is 9.94 Å². The molecule has 9 heteroatoms. The summed E-state index contributed by atoms with van der Waals surface area (Å²) >= 11 is 0. The van der Waals surface area contributed by atoms with Crippen LogP contribution in [0.2, 0.25) is 0 Å². The molecule has 0 saturated heterocycles. The van der Waals surface area contributed by atoms with Crippen molar-refractivity contribution in [2.24, 2.45) is 5.92 Å². The first kappa shape index (κ1) is 22.2. The summed E-state index contributed by atoms with van der Waals surface area (Å²) in [5, 5.41) is 12.2. The number of hydrogen-bond acceptors (Lipinski definition) is 7. The van der Waals surface area contributed by atoms with Gasteiger partial charge in [-0.3, -0.25) is 10.0 Å². The van der Waals surface area contributed by atoms with Crippen LogP contribution >= 0.6 is 0 Å². The highest BCUT2D eigenvalue weighted by atomic mass is 32.2. The Hall–Kier alpha value is -2.49. The lowest BCUT2D eigenvalue weighted by Gasteiger charge is -2.29. The molecule has 1 heterocycles. The van der Waals surface area contributed by atoms with Gasteiger partial charge in [0.2, 0.25) is 9.84 Å². The van der Waals surface area contributed by atoms with Crippen molar-refractivity contribution in [3.8, 4) is 5.75 Å². The van der Waals surface area contributed by atoms with Crippen molar-refractivity contribution in [2.45, 2.75) is 54.6 Å². The Morgan fingerprint density at radius 2 is 1.90 bits per heavy atom. The van der Waals surface area contributed by atoms with Gasteiger partial charge in [-0.05, 0) is 60.7 Å². The Bertz CT molecular complexity index is 957. The number of rotatable bonds is 8. The Balaban J connectivity index is 1.76. The van der Waals surface area contributed by atoms with E-state index in [-0.39, 0.29) is 22.4 Å². The van der Waals surface area contributed by atoms with Crippen molar-refractivity contribution >= 4 is 15.7 Å². The number of hydrogen-bond donors (Lipinski definition) is 3. The van der Waals surface area contributed by atoms with Crippen LogP contribution in [0.3, 0.4) is 0 Å². The molecule has 1 amide bonds. The van der Waals surface area contributed by atoms with E-state index >= 15 is 0 Å². The van der Waals surface area contributed by atoms with Crippen LogP contribution < -0.4 is 15.5 Å². The number of ether oxygens (including phenoxy) is 1. The summed E-state index contributed by atoms with van der Waals surface area (Å²) in [6.07, 6.45) is 6.54. The first-order chi connectivity index (χ1) is 14.5. The minimum absolute atomic E-state index is 0.0622. The molecule has 3 N–H and O–H groups in total. The van der Waals surface area contributed by atoms with Gasteiger partial charge in [-0.1, -0.05) is 19.3 Å². The van der Waals surface area contributed by atoms with Gasteiger partial charge in [-0.2, -0.15) is 0 Å². The molecule has 0 aliphatic heterocycles. The minimum Gasteiger partial charge on any atom is -0.497 e. The number of benzene rings is 1. The number of hydroxylamine groups is 1. The third kappa shape index (κ3) is 5.16. The average molecular weight is 434 g/mol. The van der Waals surface area contributed by atoms with Gasteiger partial charge in [0.25, 0.3) is 5.91 Å². The summed E-state index contributed by atoms with van der Waals surface area (Å²) in [4.78, 5) is 16.3. The zero-order valence-corrected chi connectivity index (χ0v) is 17.7. The Labute approximate surface area is 176 Å². The summed E-state index contributed by atoms with van der Waals surface area (Å²) in [5.74, 6) is 0.230. The largest absolute Gasteiger partial charge is 0.497 e. The Morgan fingerprint density at radius 1 is 1.20 bits per heavy atom. The number of pyridine rings is 1. The van der Waals surface area contributed by atoms with Crippen molar-refractivity contribution in [1.29, 1.82) is 0 Å². The van der Waals surface area contributed by atoms with E-state index in [2.05, 4.69) is 10.3 Å². The molecule has 1 saturated carbocycles. The number of nitrogens with zero attached hydrogens (tertiary/aromatic N) is 1. The highest BCUT2D eigenvalue weighted by molar-refractivity contribution is 7.91. The van der Waals surface area contributed by atoms with E-state index in [0.29, 0.717) is 11.3 Å². The van der Waals surface area contributed by atoms with Crippen LogP contribution in [0.25, 0.3) is 0 Å². The molecule has 8 nitrogen and oxygen atoms in total. The Kier molecular flexibility index (Phi) is 7.41. The highest BCUT2D eigenvalue weighted by Gasteiger charge is 2.29. The van der Waals surface area contributed by atoms with Crippen molar-refractivity contribution < 1.29 is 23.2 Å². The SMILES string of the molecule is COc1ccc(S(=O)(=O)c2cc(CN[C@@H](C(=O)NO)C3CCCCC3)ccn2)cc1. The van der Waals surface area contributed by atoms with Gasteiger partial charge in [0.05, 0.1) is 18.0 Å². The van der Waals surface area contributed by atoms with Crippen molar-refractivity contribution in [2.75, 3.05) is 7.11 Å². The lowest BCUT2D eigenvalue weighted by atomic mass is 9.83. The van der Waals surface area contributed by atoms with Gasteiger partial charge in [0, 0.05) is 12.7 Å². The maximum atomic E-state index is 12.9. The van der Waals surface area contributed by atoms with Crippen LogP contribution in [0.15, 0.2) is 52.5 Å². The second kappa shape index (κ2) is 10.0. The van der Waals surface area contributed by atoms with E-state index in [1.165, 1.54) is 31.5 Å². The first-order valence-electron chi connectivity index (χ1n) is 9.97. The fourth-order valence-electron chi connectivity index (χ4n) is 3.82. The van der Waals surface area contributed by atoms with Gasteiger partial charge in [0.1, 0.15) is 5.75 Å². The van der Waals surface area contributed by atoms with Gasteiger partial charge in [0.15, 0.2) is 5.03 Å². The summed E-state index contributed by atoms with van der Waals surface area (Å²) in [5.41, 5.74) is 2.43. The molecule has 1 fully saturated rings. The molecule has 1 aromatic heterocycles. The molecule has 0 unspecified atom stereocenters. The average Bonchev–Trinajstić information content (AvgIpc) is 2.80.